The van der Waals surface area contributed by atoms with E-state index in [1.807, 2.05) is 11.8 Å². The summed E-state index contributed by atoms with van der Waals surface area (Å²) < 4.78 is 0. The molecule has 0 amide bonds. The fourth-order valence-electron chi connectivity index (χ4n) is 1.79. The number of nitriles is 1. The normalized spacial score (nSPS) is 30.8. The minimum atomic E-state index is -0.303. The van der Waals surface area contributed by atoms with Crippen LogP contribution in [0.4, 0.5) is 0 Å². The monoisotopic (exact) mass is 217 g/mol. The molecule has 1 nitrogen and oxygen atoms in total. The number of nitrogens with zero attached hydrogens (tertiary/aromatic N) is 1. The topological polar surface area (TPSA) is 23.8 Å². The van der Waals surface area contributed by atoms with Gasteiger partial charge in [0.15, 0.2) is 0 Å². The van der Waals surface area contributed by atoms with E-state index in [9.17, 15) is 0 Å². The van der Waals surface area contributed by atoms with Crippen LogP contribution in [0.1, 0.15) is 32.6 Å². The second-order valence-electron chi connectivity index (χ2n) is 3.82. The Labute approximate surface area is 89.8 Å². The first kappa shape index (κ1) is 11.2. The van der Waals surface area contributed by atoms with Crippen LogP contribution in [0.25, 0.3) is 0 Å². The van der Waals surface area contributed by atoms with Crippen molar-refractivity contribution in [3.63, 3.8) is 0 Å². The van der Waals surface area contributed by atoms with Gasteiger partial charge in [-0.3, -0.25) is 0 Å². The number of alkyl halides is 1. The molecule has 3 heteroatoms. The number of thioether (sulfide) groups is 1. The molecule has 1 saturated carbocycles. The van der Waals surface area contributed by atoms with Crippen LogP contribution < -0.4 is 0 Å². The molecule has 0 aromatic carbocycles. The van der Waals surface area contributed by atoms with Gasteiger partial charge in [-0.2, -0.15) is 17.0 Å². The molecule has 0 aromatic rings. The minimum absolute atomic E-state index is 0.303. The maximum absolute atomic E-state index is 8.52. The molecule has 0 radical (unpaired) electrons. The van der Waals surface area contributed by atoms with E-state index < -0.39 is 0 Å². The smallest absolute Gasteiger partial charge is 0.129 e. The number of hydrogen-bond acceptors (Lipinski definition) is 2. The van der Waals surface area contributed by atoms with Crippen molar-refractivity contribution in [3.8, 4) is 6.07 Å². The van der Waals surface area contributed by atoms with E-state index in [-0.39, 0.29) is 5.38 Å². The second-order valence-corrected chi connectivity index (χ2v) is 5.68. The average Bonchev–Trinajstić information content (AvgIpc) is 2.14. The van der Waals surface area contributed by atoms with E-state index in [4.69, 9.17) is 16.9 Å². The zero-order valence-corrected chi connectivity index (χ0v) is 9.57. The van der Waals surface area contributed by atoms with Gasteiger partial charge in [0, 0.05) is 11.0 Å². The Morgan fingerprint density at radius 1 is 1.62 bits per heavy atom. The minimum Gasteiger partial charge on any atom is -0.197 e. The highest BCUT2D eigenvalue weighted by Gasteiger charge is 2.19. The summed E-state index contributed by atoms with van der Waals surface area (Å²) in [5.74, 6) is 1.65. The molecule has 13 heavy (non-hydrogen) atoms. The van der Waals surface area contributed by atoms with E-state index in [0.717, 1.165) is 16.9 Å². The highest BCUT2D eigenvalue weighted by molar-refractivity contribution is 8.00. The zero-order chi connectivity index (χ0) is 9.68. The van der Waals surface area contributed by atoms with Gasteiger partial charge in [0.05, 0.1) is 6.07 Å². The van der Waals surface area contributed by atoms with Crippen molar-refractivity contribution in [2.45, 2.75) is 43.2 Å². The molecular formula is C10H16ClNS. The van der Waals surface area contributed by atoms with Gasteiger partial charge in [0.25, 0.3) is 0 Å². The Hall–Kier alpha value is 0.130. The molecule has 3 unspecified atom stereocenters. The largest absolute Gasteiger partial charge is 0.197 e. The lowest BCUT2D eigenvalue weighted by molar-refractivity contribution is 0.394. The van der Waals surface area contributed by atoms with Crippen LogP contribution in [0.2, 0.25) is 0 Å². The van der Waals surface area contributed by atoms with E-state index in [1.54, 1.807) is 0 Å². The molecule has 74 valence electrons. The van der Waals surface area contributed by atoms with Gasteiger partial charge in [0.2, 0.25) is 0 Å². The third kappa shape index (κ3) is 4.24. The highest BCUT2D eigenvalue weighted by atomic mass is 35.5. The van der Waals surface area contributed by atoms with Crippen molar-refractivity contribution in [1.82, 2.24) is 0 Å². The van der Waals surface area contributed by atoms with Crippen molar-refractivity contribution < 1.29 is 0 Å². The molecule has 0 spiro atoms. The highest BCUT2D eigenvalue weighted by Crippen LogP contribution is 2.32. The number of hydrogen-bond donors (Lipinski definition) is 0. The molecule has 3 atom stereocenters. The van der Waals surface area contributed by atoms with Crippen LogP contribution in [0.15, 0.2) is 0 Å². The summed E-state index contributed by atoms with van der Waals surface area (Å²) in [5.41, 5.74) is 0. The van der Waals surface area contributed by atoms with Crippen molar-refractivity contribution in [3.05, 3.63) is 0 Å². The summed E-state index contributed by atoms with van der Waals surface area (Å²) in [5, 5.41) is 8.97. The lowest BCUT2D eigenvalue weighted by Gasteiger charge is -2.26. The van der Waals surface area contributed by atoms with Crippen LogP contribution in [0, 0.1) is 17.2 Å². The van der Waals surface area contributed by atoms with Gasteiger partial charge in [0.1, 0.15) is 5.38 Å². The van der Waals surface area contributed by atoms with Gasteiger partial charge in [-0.15, -0.1) is 11.6 Å². The molecule has 0 aromatic heterocycles. The van der Waals surface area contributed by atoms with E-state index in [2.05, 4.69) is 13.0 Å². The summed E-state index contributed by atoms with van der Waals surface area (Å²) in [6.45, 7) is 2.31. The Bertz CT molecular complexity index is 190. The zero-order valence-electron chi connectivity index (χ0n) is 8.00. The van der Waals surface area contributed by atoms with Gasteiger partial charge >= 0.3 is 0 Å². The summed E-state index contributed by atoms with van der Waals surface area (Å²) in [6, 6.07) is 2.06. The SMILES string of the molecule is CC1CCCC(SCC(Cl)C#N)C1. The number of rotatable bonds is 3. The predicted octanol–water partition coefficient (Wildman–Crippen LogP) is 3.43. The van der Waals surface area contributed by atoms with Gasteiger partial charge < -0.3 is 0 Å². The second kappa shape index (κ2) is 5.78. The first-order chi connectivity index (χ1) is 6.22. The van der Waals surface area contributed by atoms with Crippen molar-refractivity contribution in [2.75, 3.05) is 5.75 Å². The molecule has 0 aliphatic heterocycles. The Morgan fingerprint density at radius 3 is 3.00 bits per heavy atom. The molecule has 0 N–H and O–H groups in total. The lowest BCUT2D eigenvalue weighted by atomic mass is 9.91. The van der Waals surface area contributed by atoms with Crippen LogP contribution in [0.5, 0.6) is 0 Å². The standard InChI is InChI=1S/C10H16ClNS/c1-8-3-2-4-10(5-8)13-7-9(11)6-12/h8-10H,2-5,7H2,1H3. The Balaban J connectivity index is 2.17. The molecular weight excluding hydrogens is 202 g/mol. The first-order valence-corrected chi connectivity index (χ1v) is 6.36. The van der Waals surface area contributed by atoms with E-state index >= 15 is 0 Å². The number of halogens is 1. The Morgan fingerprint density at radius 2 is 2.38 bits per heavy atom. The molecule has 1 rings (SSSR count). The molecule has 0 heterocycles. The predicted molar refractivity (Wildman–Crippen MR) is 59.1 cm³/mol. The van der Waals surface area contributed by atoms with Crippen LogP contribution in [0.3, 0.4) is 0 Å². The van der Waals surface area contributed by atoms with Crippen molar-refractivity contribution in [2.24, 2.45) is 5.92 Å². The molecule has 0 saturated heterocycles. The summed E-state index contributed by atoms with van der Waals surface area (Å²) in [4.78, 5) is 0. The maximum Gasteiger partial charge on any atom is 0.129 e. The quantitative estimate of drug-likeness (QED) is 0.677. The van der Waals surface area contributed by atoms with Crippen molar-refractivity contribution in [1.29, 1.82) is 5.26 Å². The van der Waals surface area contributed by atoms with Crippen LogP contribution >= 0.6 is 23.4 Å². The third-order valence-corrected chi connectivity index (χ3v) is 4.37. The fourth-order valence-corrected chi connectivity index (χ4v) is 3.32. The molecule has 1 aliphatic rings. The maximum atomic E-state index is 8.52. The van der Waals surface area contributed by atoms with Gasteiger partial charge in [-0.05, 0) is 18.8 Å². The Kier molecular flexibility index (Phi) is 4.98. The van der Waals surface area contributed by atoms with Crippen LogP contribution in [-0.2, 0) is 0 Å². The molecule has 1 aliphatic carbocycles. The first-order valence-electron chi connectivity index (χ1n) is 4.87. The summed E-state index contributed by atoms with van der Waals surface area (Å²) in [6.07, 6.45) is 5.34. The summed E-state index contributed by atoms with van der Waals surface area (Å²) in [7, 11) is 0. The van der Waals surface area contributed by atoms with Gasteiger partial charge in [-0.25, -0.2) is 0 Å². The molecule has 0 bridgehead atoms. The third-order valence-electron chi connectivity index (χ3n) is 2.51. The van der Waals surface area contributed by atoms with E-state index in [1.165, 1.54) is 25.7 Å². The summed E-state index contributed by atoms with van der Waals surface area (Å²) >= 11 is 7.62. The van der Waals surface area contributed by atoms with Crippen LogP contribution in [-0.4, -0.2) is 16.4 Å². The molecule has 1 fully saturated rings. The lowest BCUT2D eigenvalue weighted by Crippen LogP contribution is -2.16. The van der Waals surface area contributed by atoms with Crippen molar-refractivity contribution >= 4 is 23.4 Å². The fraction of sp³-hybridized carbons (Fsp3) is 0.900. The van der Waals surface area contributed by atoms with E-state index in [0.29, 0.717) is 0 Å². The van der Waals surface area contributed by atoms with Gasteiger partial charge in [-0.1, -0.05) is 19.8 Å². The average molecular weight is 218 g/mol.